The number of nitrogens with zero attached hydrogens (tertiary/aromatic N) is 3. The molecule has 8 heteroatoms. The lowest BCUT2D eigenvalue weighted by Crippen LogP contribution is -2.42. The van der Waals surface area contributed by atoms with Crippen molar-refractivity contribution in [2.24, 2.45) is 0 Å². The number of carbonyl (C=O) groups excluding carboxylic acids is 1. The highest BCUT2D eigenvalue weighted by Crippen LogP contribution is 2.29. The molecule has 7 nitrogen and oxygen atoms in total. The van der Waals surface area contributed by atoms with Gasteiger partial charge in [0.1, 0.15) is 5.75 Å². The Bertz CT molecular complexity index is 766. The molecule has 1 amide bonds. The van der Waals surface area contributed by atoms with E-state index in [-0.39, 0.29) is 18.3 Å². The number of fused-ring (bicyclic) bond motifs is 2. The average Bonchev–Trinajstić information content (AvgIpc) is 3.24. The SMILES string of the molecule is CCOc1ccc(-c2noc(CCC(=O)N3C4CCNCC3CC4)n2)cc1.Cl. The summed E-state index contributed by atoms with van der Waals surface area (Å²) in [7, 11) is 0. The molecule has 2 aromatic rings. The highest BCUT2D eigenvalue weighted by Gasteiger charge is 2.37. The first-order valence-corrected chi connectivity index (χ1v) is 9.82. The quantitative estimate of drug-likeness (QED) is 0.794. The third-order valence-corrected chi connectivity index (χ3v) is 5.39. The molecule has 2 aliphatic heterocycles. The molecule has 4 rings (SSSR count). The smallest absolute Gasteiger partial charge is 0.227 e. The van der Waals surface area contributed by atoms with Crippen LogP contribution in [-0.2, 0) is 11.2 Å². The lowest BCUT2D eigenvalue weighted by molar-refractivity contribution is -0.133. The van der Waals surface area contributed by atoms with Crippen molar-refractivity contribution >= 4 is 18.3 Å². The Balaban J connectivity index is 0.00000225. The second-order valence-corrected chi connectivity index (χ2v) is 7.15. The first kappa shape index (κ1) is 20.6. The van der Waals surface area contributed by atoms with Gasteiger partial charge in [0.05, 0.1) is 6.61 Å². The van der Waals surface area contributed by atoms with Gasteiger partial charge in [0, 0.05) is 37.0 Å². The van der Waals surface area contributed by atoms with Crippen molar-refractivity contribution in [2.45, 2.75) is 51.1 Å². The highest BCUT2D eigenvalue weighted by molar-refractivity contribution is 5.85. The Morgan fingerprint density at radius 3 is 2.82 bits per heavy atom. The largest absolute Gasteiger partial charge is 0.494 e. The number of aromatic nitrogens is 2. The Kier molecular flexibility index (Phi) is 6.91. The lowest BCUT2D eigenvalue weighted by atomic mass is 10.1. The van der Waals surface area contributed by atoms with Gasteiger partial charge >= 0.3 is 0 Å². The topological polar surface area (TPSA) is 80.5 Å². The third-order valence-electron chi connectivity index (χ3n) is 5.39. The van der Waals surface area contributed by atoms with Gasteiger partial charge in [0.25, 0.3) is 0 Å². The van der Waals surface area contributed by atoms with E-state index < -0.39 is 0 Å². The van der Waals surface area contributed by atoms with Crippen LogP contribution in [-0.4, -0.2) is 52.7 Å². The minimum Gasteiger partial charge on any atom is -0.494 e. The third kappa shape index (κ3) is 4.47. The van der Waals surface area contributed by atoms with Crippen LogP contribution in [0.3, 0.4) is 0 Å². The number of rotatable bonds is 6. The van der Waals surface area contributed by atoms with E-state index in [4.69, 9.17) is 9.26 Å². The first-order chi connectivity index (χ1) is 13.2. The van der Waals surface area contributed by atoms with Crippen LogP contribution in [0.1, 0.15) is 38.5 Å². The van der Waals surface area contributed by atoms with E-state index >= 15 is 0 Å². The van der Waals surface area contributed by atoms with Gasteiger partial charge in [-0.25, -0.2) is 0 Å². The normalized spacial score (nSPS) is 21.1. The molecule has 2 atom stereocenters. The Morgan fingerprint density at radius 2 is 2.04 bits per heavy atom. The summed E-state index contributed by atoms with van der Waals surface area (Å²) in [6.07, 6.45) is 4.17. The van der Waals surface area contributed by atoms with Crippen LogP contribution in [0.4, 0.5) is 0 Å². The standard InChI is InChI=1S/C20H26N4O3.ClH/c1-2-26-17-7-3-14(4-8-17)20-22-18(27-23-20)9-10-19(25)24-15-5-6-16(24)13-21-12-11-15;/h3-4,7-8,15-16,21H,2,5-6,9-13H2,1H3;1H. The van der Waals surface area contributed by atoms with Crippen molar-refractivity contribution in [3.05, 3.63) is 30.2 Å². The summed E-state index contributed by atoms with van der Waals surface area (Å²) in [4.78, 5) is 19.3. The van der Waals surface area contributed by atoms with Crippen molar-refractivity contribution in [3.63, 3.8) is 0 Å². The zero-order valence-corrected chi connectivity index (χ0v) is 16.9. The predicted molar refractivity (Wildman–Crippen MR) is 108 cm³/mol. The van der Waals surface area contributed by atoms with Gasteiger partial charge in [-0.1, -0.05) is 5.16 Å². The first-order valence-electron chi connectivity index (χ1n) is 9.82. The maximum Gasteiger partial charge on any atom is 0.227 e. The molecule has 0 aliphatic carbocycles. The summed E-state index contributed by atoms with van der Waals surface area (Å²) in [5, 5.41) is 7.47. The maximum atomic E-state index is 12.8. The van der Waals surface area contributed by atoms with Crippen LogP contribution in [0.5, 0.6) is 5.75 Å². The van der Waals surface area contributed by atoms with Gasteiger partial charge in [-0.2, -0.15) is 4.98 Å². The molecule has 0 saturated carbocycles. The van der Waals surface area contributed by atoms with Crippen molar-refractivity contribution in [3.8, 4) is 17.1 Å². The van der Waals surface area contributed by atoms with E-state index in [0.717, 1.165) is 43.7 Å². The second kappa shape index (κ2) is 9.39. The van der Waals surface area contributed by atoms with Gasteiger partial charge in [-0.05, 0) is 57.0 Å². The Morgan fingerprint density at radius 1 is 1.25 bits per heavy atom. The van der Waals surface area contributed by atoms with Gasteiger partial charge in [-0.3, -0.25) is 4.79 Å². The number of ether oxygens (including phenoxy) is 1. The minimum absolute atomic E-state index is 0. The van der Waals surface area contributed by atoms with Gasteiger partial charge < -0.3 is 19.5 Å². The molecule has 1 aromatic carbocycles. The fraction of sp³-hybridized carbons (Fsp3) is 0.550. The van der Waals surface area contributed by atoms with Crippen LogP contribution < -0.4 is 10.1 Å². The maximum absolute atomic E-state index is 12.8. The monoisotopic (exact) mass is 406 g/mol. The predicted octanol–water partition coefficient (Wildman–Crippen LogP) is 2.84. The molecule has 28 heavy (non-hydrogen) atoms. The summed E-state index contributed by atoms with van der Waals surface area (Å²) < 4.78 is 10.8. The van der Waals surface area contributed by atoms with Crippen molar-refractivity contribution in [1.29, 1.82) is 0 Å². The number of benzene rings is 1. The summed E-state index contributed by atoms with van der Waals surface area (Å²) in [6.45, 7) is 4.49. The lowest BCUT2D eigenvalue weighted by Gasteiger charge is -2.27. The van der Waals surface area contributed by atoms with Gasteiger partial charge in [0.15, 0.2) is 0 Å². The number of aryl methyl sites for hydroxylation is 1. The van der Waals surface area contributed by atoms with E-state index in [1.165, 1.54) is 0 Å². The molecule has 2 fully saturated rings. The van der Waals surface area contributed by atoms with Crippen LogP contribution >= 0.6 is 12.4 Å². The van der Waals surface area contributed by atoms with Gasteiger partial charge in [-0.15, -0.1) is 12.4 Å². The number of carbonyl (C=O) groups is 1. The minimum atomic E-state index is 0. The molecule has 2 unspecified atom stereocenters. The highest BCUT2D eigenvalue weighted by atomic mass is 35.5. The molecule has 152 valence electrons. The molecule has 2 bridgehead atoms. The van der Waals surface area contributed by atoms with Crippen LogP contribution in [0.15, 0.2) is 28.8 Å². The molecular weight excluding hydrogens is 380 g/mol. The molecule has 0 spiro atoms. The van der Waals surface area contributed by atoms with E-state index in [2.05, 4.69) is 20.4 Å². The molecule has 3 heterocycles. The molecule has 0 radical (unpaired) electrons. The Hall–Kier alpha value is -2.12. The van der Waals surface area contributed by atoms with Gasteiger partial charge in [0.2, 0.25) is 17.6 Å². The Labute approximate surface area is 171 Å². The number of halogens is 1. The number of amides is 1. The van der Waals surface area contributed by atoms with Crippen LogP contribution in [0, 0.1) is 0 Å². The van der Waals surface area contributed by atoms with Crippen LogP contribution in [0.2, 0.25) is 0 Å². The van der Waals surface area contributed by atoms with E-state index in [9.17, 15) is 4.79 Å². The number of hydrogen-bond acceptors (Lipinski definition) is 6. The van der Waals surface area contributed by atoms with Crippen LogP contribution in [0.25, 0.3) is 11.4 Å². The van der Waals surface area contributed by atoms with Crippen molar-refractivity contribution in [1.82, 2.24) is 20.4 Å². The van der Waals surface area contributed by atoms with E-state index in [1.807, 2.05) is 31.2 Å². The average molecular weight is 407 g/mol. The van der Waals surface area contributed by atoms with Crippen molar-refractivity contribution < 1.29 is 14.1 Å². The fourth-order valence-corrected chi connectivity index (χ4v) is 4.07. The summed E-state index contributed by atoms with van der Waals surface area (Å²) in [5.74, 6) is 2.07. The molecule has 1 aromatic heterocycles. The summed E-state index contributed by atoms with van der Waals surface area (Å²) >= 11 is 0. The van der Waals surface area contributed by atoms with E-state index in [0.29, 0.717) is 43.2 Å². The molecule has 1 N–H and O–H groups in total. The molecular formula is C20H27ClN4O3. The number of hydrogen-bond donors (Lipinski definition) is 1. The zero-order chi connectivity index (χ0) is 18.6. The molecule has 2 saturated heterocycles. The summed E-state index contributed by atoms with van der Waals surface area (Å²) in [6, 6.07) is 8.33. The van der Waals surface area contributed by atoms with Crippen molar-refractivity contribution in [2.75, 3.05) is 19.7 Å². The zero-order valence-electron chi connectivity index (χ0n) is 16.1. The number of nitrogens with one attached hydrogen (secondary N) is 1. The second-order valence-electron chi connectivity index (χ2n) is 7.15. The fourth-order valence-electron chi connectivity index (χ4n) is 4.07. The summed E-state index contributed by atoms with van der Waals surface area (Å²) in [5.41, 5.74) is 0.872. The van der Waals surface area contributed by atoms with E-state index in [1.54, 1.807) is 0 Å². The molecule has 2 aliphatic rings.